The summed E-state index contributed by atoms with van der Waals surface area (Å²) in [5.74, 6) is -0.0141. The summed E-state index contributed by atoms with van der Waals surface area (Å²) in [6.07, 6.45) is 0. The Hall–Kier alpha value is -1.46. The van der Waals surface area contributed by atoms with Crippen LogP contribution in [-0.4, -0.2) is 29.7 Å². The van der Waals surface area contributed by atoms with Crippen molar-refractivity contribution in [1.29, 1.82) is 0 Å². The third-order valence-corrected chi connectivity index (χ3v) is 5.42. The van der Waals surface area contributed by atoms with Gasteiger partial charge in [-0.05, 0) is 35.9 Å². The highest BCUT2D eigenvalue weighted by Gasteiger charge is 2.25. The Morgan fingerprint density at radius 1 is 1.08 bits per heavy atom. The largest absolute Gasteiger partial charge is 0.324 e. The summed E-state index contributed by atoms with van der Waals surface area (Å²) >= 11 is 23.9. The van der Waals surface area contributed by atoms with Crippen molar-refractivity contribution in [2.75, 3.05) is 18.4 Å². The van der Waals surface area contributed by atoms with E-state index in [2.05, 4.69) is 17.3 Å². The van der Waals surface area contributed by atoms with Crippen LogP contribution in [0.5, 0.6) is 0 Å². The van der Waals surface area contributed by atoms with Crippen LogP contribution < -0.4 is 5.32 Å². The van der Waals surface area contributed by atoms with Crippen LogP contribution in [0.25, 0.3) is 0 Å². The van der Waals surface area contributed by atoms with E-state index < -0.39 is 0 Å². The van der Waals surface area contributed by atoms with Gasteiger partial charge in [0, 0.05) is 18.2 Å². The number of benzene rings is 2. The van der Waals surface area contributed by atoms with Crippen LogP contribution in [0.4, 0.5) is 5.69 Å². The fraction of sp³-hybridized carbons (Fsp3) is 0.222. The summed E-state index contributed by atoms with van der Waals surface area (Å²) < 4.78 is 0. The molecule has 136 valence electrons. The van der Waals surface area contributed by atoms with Gasteiger partial charge in [0.1, 0.15) is 6.54 Å². The molecule has 4 nitrogen and oxygen atoms in total. The molecule has 0 spiro atoms. The van der Waals surface area contributed by atoms with E-state index in [1.165, 1.54) is 0 Å². The second-order valence-corrected chi connectivity index (χ2v) is 7.67. The van der Waals surface area contributed by atoms with E-state index in [4.69, 9.17) is 46.4 Å². The van der Waals surface area contributed by atoms with Crippen molar-refractivity contribution < 1.29 is 4.79 Å². The van der Waals surface area contributed by atoms with Gasteiger partial charge in [-0.3, -0.25) is 9.80 Å². The van der Waals surface area contributed by atoms with Crippen LogP contribution in [0, 0.1) is 5.92 Å². The Bertz CT molecular complexity index is 885. The van der Waals surface area contributed by atoms with Gasteiger partial charge in [0.05, 0.1) is 25.8 Å². The first-order valence-electron chi connectivity index (χ1n) is 7.87. The number of amides is 1. The Morgan fingerprint density at radius 3 is 2.38 bits per heavy atom. The Morgan fingerprint density at radius 2 is 1.73 bits per heavy atom. The number of rotatable bonds is 4. The smallest absolute Gasteiger partial charge is 0.245 e. The molecular formula is C18H15Cl4N3O. The number of anilines is 1. The second-order valence-electron chi connectivity index (χ2n) is 6.04. The minimum atomic E-state index is -0.185. The zero-order valence-electron chi connectivity index (χ0n) is 13.8. The van der Waals surface area contributed by atoms with Gasteiger partial charge in [-0.25, -0.2) is 0 Å². The highest BCUT2D eigenvalue weighted by molar-refractivity contribution is 6.42. The molecule has 1 heterocycles. The molecule has 1 N–H and O–H groups in total. The Balaban J connectivity index is 1.68. The SMILES string of the molecule is CC1CN(CC(=O)Nc2ccc(Cl)c(Cl)c2)N=C1c1ccc(Cl)c(Cl)c1. The van der Waals surface area contributed by atoms with E-state index in [1.54, 1.807) is 35.3 Å². The van der Waals surface area contributed by atoms with Gasteiger partial charge >= 0.3 is 0 Å². The minimum absolute atomic E-state index is 0.134. The first-order chi connectivity index (χ1) is 12.3. The van der Waals surface area contributed by atoms with Gasteiger partial charge < -0.3 is 5.32 Å². The van der Waals surface area contributed by atoms with E-state index in [0.717, 1.165) is 11.3 Å². The number of hydrogen-bond donors (Lipinski definition) is 1. The van der Waals surface area contributed by atoms with Gasteiger partial charge in [-0.15, -0.1) is 0 Å². The Kier molecular flexibility index (Phi) is 5.98. The molecule has 2 aromatic rings. The third kappa shape index (κ3) is 4.44. The first-order valence-corrected chi connectivity index (χ1v) is 9.38. The average molecular weight is 431 g/mol. The lowest BCUT2D eigenvalue weighted by Gasteiger charge is -2.14. The maximum atomic E-state index is 12.3. The molecule has 0 aliphatic carbocycles. The van der Waals surface area contributed by atoms with Crippen molar-refractivity contribution in [1.82, 2.24) is 5.01 Å². The monoisotopic (exact) mass is 429 g/mol. The highest BCUT2D eigenvalue weighted by atomic mass is 35.5. The third-order valence-electron chi connectivity index (χ3n) is 3.95. The van der Waals surface area contributed by atoms with Crippen LogP contribution in [0.15, 0.2) is 41.5 Å². The standard InChI is InChI=1S/C18H15Cl4N3O/c1-10-8-25(24-18(10)11-2-4-13(19)15(21)6-11)9-17(26)23-12-3-5-14(20)16(22)7-12/h2-7,10H,8-9H2,1H3,(H,23,26). The molecule has 26 heavy (non-hydrogen) atoms. The summed E-state index contributed by atoms with van der Waals surface area (Å²) in [7, 11) is 0. The summed E-state index contributed by atoms with van der Waals surface area (Å²) in [6.45, 7) is 2.83. The van der Waals surface area contributed by atoms with Crippen molar-refractivity contribution in [2.24, 2.45) is 11.0 Å². The maximum absolute atomic E-state index is 12.3. The summed E-state index contributed by atoms with van der Waals surface area (Å²) in [6, 6.07) is 10.4. The zero-order chi connectivity index (χ0) is 18.8. The predicted octanol–water partition coefficient (Wildman–Crippen LogP) is 5.59. The van der Waals surface area contributed by atoms with E-state index in [0.29, 0.717) is 32.3 Å². The maximum Gasteiger partial charge on any atom is 0.245 e. The molecule has 0 bridgehead atoms. The summed E-state index contributed by atoms with van der Waals surface area (Å²) in [5, 5.41) is 10.9. The molecule has 0 radical (unpaired) electrons. The molecule has 0 saturated heterocycles. The number of carbonyl (C=O) groups excluding carboxylic acids is 1. The molecular weight excluding hydrogens is 416 g/mol. The lowest BCUT2D eigenvalue weighted by molar-refractivity contribution is -0.117. The van der Waals surface area contributed by atoms with Crippen LogP contribution in [0.3, 0.4) is 0 Å². The van der Waals surface area contributed by atoms with Gasteiger partial charge in [0.2, 0.25) is 5.91 Å². The van der Waals surface area contributed by atoms with Crippen molar-refractivity contribution in [2.45, 2.75) is 6.92 Å². The summed E-state index contributed by atoms with van der Waals surface area (Å²) in [4.78, 5) is 12.3. The van der Waals surface area contributed by atoms with Crippen LogP contribution in [0.1, 0.15) is 12.5 Å². The van der Waals surface area contributed by atoms with Crippen LogP contribution in [-0.2, 0) is 4.79 Å². The molecule has 1 unspecified atom stereocenters. The average Bonchev–Trinajstić information content (AvgIpc) is 2.93. The first kappa shape index (κ1) is 19.3. The number of hydrazone groups is 1. The molecule has 0 fully saturated rings. The molecule has 0 aromatic heterocycles. The van der Waals surface area contributed by atoms with E-state index in [9.17, 15) is 4.79 Å². The van der Waals surface area contributed by atoms with Crippen LogP contribution in [0.2, 0.25) is 20.1 Å². The second kappa shape index (κ2) is 8.05. The van der Waals surface area contributed by atoms with Gasteiger partial charge in [0.25, 0.3) is 0 Å². The fourth-order valence-corrected chi connectivity index (χ4v) is 3.33. The molecule has 3 rings (SSSR count). The fourth-order valence-electron chi connectivity index (χ4n) is 2.73. The number of hydrogen-bond acceptors (Lipinski definition) is 3. The minimum Gasteiger partial charge on any atom is -0.324 e. The lowest BCUT2D eigenvalue weighted by Crippen LogP contribution is -2.29. The van der Waals surface area contributed by atoms with Gasteiger partial charge in [-0.1, -0.05) is 59.4 Å². The van der Waals surface area contributed by atoms with Crippen LogP contribution >= 0.6 is 46.4 Å². The van der Waals surface area contributed by atoms with Crippen molar-refractivity contribution in [3.63, 3.8) is 0 Å². The van der Waals surface area contributed by atoms with Crippen molar-refractivity contribution in [3.05, 3.63) is 62.1 Å². The van der Waals surface area contributed by atoms with Gasteiger partial charge in [-0.2, -0.15) is 5.10 Å². The summed E-state index contributed by atoms with van der Waals surface area (Å²) in [5.41, 5.74) is 2.37. The van der Waals surface area contributed by atoms with Crippen molar-refractivity contribution >= 4 is 63.7 Å². The van der Waals surface area contributed by atoms with Gasteiger partial charge in [0.15, 0.2) is 0 Å². The lowest BCUT2D eigenvalue weighted by atomic mass is 9.99. The van der Waals surface area contributed by atoms with E-state index in [1.807, 2.05) is 6.07 Å². The number of halogens is 4. The van der Waals surface area contributed by atoms with E-state index in [-0.39, 0.29) is 18.4 Å². The topological polar surface area (TPSA) is 44.7 Å². The molecule has 1 aliphatic rings. The molecule has 1 aliphatic heterocycles. The zero-order valence-corrected chi connectivity index (χ0v) is 16.8. The molecule has 8 heteroatoms. The quantitative estimate of drug-likeness (QED) is 0.686. The number of nitrogens with zero attached hydrogens (tertiary/aromatic N) is 2. The van der Waals surface area contributed by atoms with Crippen molar-refractivity contribution in [3.8, 4) is 0 Å². The molecule has 0 saturated carbocycles. The number of nitrogens with one attached hydrogen (secondary N) is 1. The highest BCUT2D eigenvalue weighted by Crippen LogP contribution is 2.27. The molecule has 2 aromatic carbocycles. The molecule has 1 atom stereocenters. The predicted molar refractivity (Wildman–Crippen MR) is 109 cm³/mol. The molecule has 1 amide bonds. The Labute approximate surface area is 171 Å². The normalized spacial score (nSPS) is 16.6. The number of carbonyl (C=O) groups is 1. The van der Waals surface area contributed by atoms with E-state index >= 15 is 0 Å².